The highest BCUT2D eigenvalue weighted by atomic mass is 16.3. The van der Waals surface area contributed by atoms with Gasteiger partial charge in [-0.3, -0.25) is 0 Å². The van der Waals surface area contributed by atoms with Gasteiger partial charge < -0.3 is 4.42 Å². The number of rotatable bonds is 6. The highest BCUT2D eigenvalue weighted by molar-refractivity contribution is 6.05. The van der Waals surface area contributed by atoms with Crippen LogP contribution >= 0.6 is 0 Å². The van der Waals surface area contributed by atoms with Crippen LogP contribution in [0.15, 0.2) is 180 Å². The average molecular weight is 680 g/mol. The number of aromatic nitrogens is 5. The largest absolute Gasteiger partial charge is 0.436 e. The molecule has 7 aromatic carbocycles. The minimum atomic E-state index is 0.553. The van der Waals surface area contributed by atoms with Crippen LogP contribution in [0.4, 0.5) is 0 Å². The summed E-state index contributed by atoms with van der Waals surface area (Å²) < 4.78 is 6.06. The molecule has 6 heteroatoms. The van der Waals surface area contributed by atoms with Gasteiger partial charge in [-0.05, 0) is 57.6 Å². The van der Waals surface area contributed by atoms with Crippen molar-refractivity contribution < 1.29 is 4.42 Å². The van der Waals surface area contributed by atoms with Crippen molar-refractivity contribution in [1.82, 2.24) is 24.9 Å². The van der Waals surface area contributed by atoms with Crippen molar-refractivity contribution in [3.05, 3.63) is 176 Å². The second-order valence-corrected chi connectivity index (χ2v) is 12.9. The lowest BCUT2D eigenvalue weighted by molar-refractivity contribution is 0.655. The smallest absolute Gasteiger partial charge is 0.246 e. The van der Waals surface area contributed by atoms with Crippen molar-refractivity contribution in [1.29, 1.82) is 0 Å². The molecule has 0 amide bonds. The molecule has 0 spiro atoms. The summed E-state index contributed by atoms with van der Waals surface area (Å²) in [6.45, 7) is 0. The number of para-hydroxylation sites is 2. The van der Waals surface area contributed by atoms with Crippen molar-refractivity contribution in [3.63, 3.8) is 0 Å². The molecule has 0 aliphatic heterocycles. The number of nitrogens with zero attached hydrogens (tertiary/aromatic N) is 5. The van der Waals surface area contributed by atoms with E-state index in [1.54, 1.807) is 0 Å². The Morgan fingerprint density at radius 2 is 0.679 bits per heavy atom. The Balaban J connectivity index is 0.949. The summed E-state index contributed by atoms with van der Waals surface area (Å²) in [6.07, 6.45) is 0. The fourth-order valence-electron chi connectivity index (χ4n) is 6.78. The molecule has 6 nitrogen and oxygen atoms in total. The van der Waals surface area contributed by atoms with Crippen LogP contribution in [0.1, 0.15) is 0 Å². The molecule has 0 aliphatic rings. The summed E-state index contributed by atoms with van der Waals surface area (Å²) in [4.78, 5) is 24.4. The maximum atomic E-state index is 6.06. The molecule has 0 radical (unpaired) electrons. The van der Waals surface area contributed by atoms with Crippen LogP contribution in [0, 0.1) is 0 Å². The van der Waals surface area contributed by atoms with E-state index >= 15 is 0 Å². The molecule has 3 aromatic heterocycles. The summed E-state index contributed by atoms with van der Waals surface area (Å²) in [5.74, 6) is 1.90. The van der Waals surface area contributed by atoms with Gasteiger partial charge in [0.05, 0.1) is 11.0 Å². The van der Waals surface area contributed by atoms with Crippen molar-refractivity contribution in [2.45, 2.75) is 0 Å². The van der Waals surface area contributed by atoms with Crippen molar-refractivity contribution in [2.75, 3.05) is 0 Å². The zero-order chi connectivity index (χ0) is 35.1. The molecule has 248 valence electrons. The van der Waals surface area contributed by atoms with Gasteiger partial charge >= 0.3 is 0 Å². The summed E-state index contributed by atoms with van der Waals surface area (Å²) in [7, 11) is 0. The number of benzene rings is 7. The molecule has 3 heterocycles. The number of fused-ring (bicyclic) bond motifs is 4. The van der Waals surface area contributed by atoms with Crippen molar-refractivity contribution >= 4 is 33.2 Å². The van der Waals surface area contributed by atoms with Crippen LogP contribution in [0.25, 0.3) is 101 Å². The van der Waals surface area contributed by atoms with E-state index in [1.807, 2.05) is 66.7 Å². The van der Waals surface area contributed by atoms with Gasteiger partial charge in [0.25, 0.3) is 0 Å². The predicted molar refractivity (Wildman–Crippen MR) is 213 cm³/mol. The Morgan fingerprint density at radius 3 is 1.21 bits per heavy atom. The van der Waals surface area contributed by atoms with E-state index in [0.29, 0.717) is 23.2 Å². The normalized spacial score (nSPS) is 11.4. The van der Waals surface area contributed by atoms with Gasteiger partial charge in [-0.25, -0.2) is 24.9 Å². The molecule has 53 heavy (non-hydrogen) atoms. The van der Waals surface area contributed by atoms with Crippen LogP contribution in [-0.2, 0) is 0 Å². The second kappa shape index (κ2) is 12.8. The summed E-state index contributed by atoms with van der Waals surface area (Å²) in [5.41, 5.74) is 13.3. The van der Waals surface area contributed by atoms with E-state index in [-0.39, 0.29) is 0 Å². The third kappa shape index (κ3) is 5.78. The Hall–Kier alpha value is -7.31. The fraction of sp³-hybridized carbons (Fsp3) is 0. The van der Waals surface area contributed by atoms with Crippen LogP contribution in [-0.4, -0.2) is 24.9 Å². The first-order valence-corrected chi connectivity index (χ1v) is 17.5. The molecule has 0 aliphatic carbocycles. The lowest BCUT2D eigenvalue weighted by Crippen LogP contribution is -2.00. The lowest BCUT2D eigenvalue weighted by Gasteiger charge is -2.10. The lowest BCUT2D eigenvalue weighted by atomic mass is 9.99. The first-order valence-electron chi connectivity index (χ1n) is 17.5. The maximum Gasteiger partial charge on any atom is 0.246 e. The zero-order valence-corrected chi connectivity index (χ0v) is 28.4. The Labute approximate surface area is 305 Å². The monoisotopic (exact) mass is 679 g/mol. The molecule has 0 bridgehead atoms. The summed E-state index contributed by atoms with van der Waals surface area (Å²) in [5, 5.41) is 0.955. The number of hydrogen-bond acceptors (Lipinski definition) is 6. The van der Waals surface area contributed by atoms with E-state index in [1.165, 1.54) is 5.56 Å². The molecule has 0 saturated heterocycles. The third-order valence-electron chi connectivity index (χ3n) is 9.59. The van der Waals surface area contributed by atoms with Crippen molar-refractivity contribution in [2.24, 2.45) is 0 Å². The highest BCUT2D eigenvalue weighted by Gasteiger charge is 2.15. The topological polar surface area (TPSA) is 77.6 Å². The van der Waals surface area contributed by atoms with Crippen molar-refractivity contribution in [3.8, 4) is 67.5 Å². The zero-order valence-electron chi connectivity index (χ0n) is 28.4. The Morgan fingerprint density at radius 1 is 0.302 bits per heavy atom. The highest BCUT2D eigenvalue weighted by Crippen LogP contribution is 2.34. The number of furan rings is 1. The molecule has 10 aromatic rings. The standard InChI is InChI=1S/C47H29N5O/c1-3-9-30(10-4-1)31-19-23-36(24-20-31)45-50-44(35-11-5-2-6-12-35)51-46(52-45)37-25-21-33(22-26-37)32-15-17-34(18-16-32)38-27-28-42-39(29-38)43-47(53-42)49-41-14-8-7-13-40(41)48-43/h1-29H. The first-order chi connectivity index (χ1) is 26.2. The van der Waals surface area contributed by atoms with Crippen LogP contribution in [0.3, 0.4) is 0 Å². The molecular formula is C47H29N5O. The summed E-state index contributed by atoms with van der Waals surface area (Å²) >= 11 is 0. The molecule has 10 rings (SSSR count). The minimum Gasteiger partial charge on any atom is -0.436 e. The van der Waals surface area contributed by atoms with Crippen LogP contribution < -0.4 is 0 Å². The summed E-state index contributed by atoms with van der Waals surface area (Å²) in [6, 6.07) is 59.9. The average Bonchev–Trinajstić information content (AvgIpc) is 3.60. The molecule has 0 unspecified atom stereocenters. The molecule has 0 fully saturated rings. The van der Waals surface area contributed by atoms with Crippen LogP contribution in [0.5, 0.6) is 0 Å². The first kappa shape index (κ1) is 30.5. The van der Waals surface area contributed by atoms with Gasteiger partial charge in [0.2, 0.25) is 5.71 Å². The molecular weight excluding hydrogens is 651 g/mol. The van der Waals surface area contributed by atoms with Gasteiger partial charge in [0.15, 0.2) is 17.5 Å². The van der Waals surface area contributed by atoms with E-state index < -0.39 is 0 Å². The quantitative estimate of drug-likeness (QED) is 0.174. The maximum absolute atomic E-state index is 6.06. The van der Waals surface area contributed by atoms with Gasteiger partial charge in [-0.15, -0.1) is 0 Å². The van der Waals surface area contributed by atoms with E-state index in [0.717, 1.165) is 72.0 Å². The van der Waals surface area contributed by atoms with Gasteiger partial charge in [-0.1, -0.05) is 152 Å². The predicted octanol–water partition coefficient (Wildman–Crippen LogP) is 11.7. The van der Waals surface area contributed by atoms with E-state index in [4.69, 9.17) is 29.3 Å². The van der Waals surface area contributed by atoms with Crippen LogP contribution in [0.2, 0.25) is 0 Å². The second-order valence-electron chi connectivity index (χ2n) is 12.9. The van der Waals surface area contributed by atoms with Gasteiger partial charge in [0.1, 0.15) is 11.1 Å². The molecule has 0 N–H and O–H groups in total. The molecule has 0 atom stereocenters. The molecule has 0 saturated carbocycles. The van der Waals surface area contributed by atoms with Gasteiger partial charge in [0, 0.05) is 22.1 Å². The van der Waals surface area contributed by atoms with E-state index in [2.05, 4.69) is 109 Å². The SMILES string of the molecule is c1ccc(-c2ccc(-c3nc(-c4ccccc4)nc(-c4ccc(-c5ccc(-c6ccc7oc8nc9ccccc9nc8c7c6)cc5)cc4)n3)cc2)cc1. The van der Waals surface area contributed by atoms with E-state index in [9.17, 15) is 0 Å². The Kier molecular flexibility index (Phi) is 7.36. The third-order valence-corrected chi connectivity index (χ3v) is 9.59. The fourth-order valence-corrected chi connectivity index (χ4v) is 6.78. The van der Waals surface area contributed by atoms with Gasteiger partial charge in [-0.2, -0.15) is 0 Å². The minimum absolute atomic E-state index is 0.553. The Bertz CT molecular complexity index is 2900. The number of hydrogen-bond donors (Lipinski definition) is 0.